The second kappa shape index (κ2) is 6.32. The molecule has 1 N–H and O–H groups in total. The maximum Gasteiger partial charge on any atom is 0.261 e. The Hall–Kier alpha value is -1.14. The van der Waals surface area contributed by atoms with E-state index in [-0.39, 0.29) is 11.9 Å². The summed E-state index contributed by atoms with van der Waals surface area (Å²) in [6.45, 7) is 0. The van der Waals surface area contributed by atoms with Crippen molar-refractivity contribution in [1.82, 2.24) is 15.1 Å². The fraction of sp³-hybridized carbons (Fsp3) is 0.467. The minimum Gasteiger partial charge on any atom is -0.349 e. The van der Waals surface area contributed by atoms with Crippen LogP contribution >= 0.6 is 27.3 Å². The summed E-state index contributed by atoms with van der Waals surface area (Å²) in [5.41, 5.74) is 1.12. The van der Waals surface area contributed by atoms with Gasteiger partial charge in [-0.2, -0.15) is 5.10 Å². The number of aromatic nitrogens is 2. The van der Waals surface area contributed by atoms with E-state index >= 15 is 0 Å². The first kappa shape index (κ1) is 14.8. The molecule has 3 rings (SSSR count). The largest absolute Gasteiger partial charge is 0.349 e. The normalized spacial score (nSPS) is 22.2. The van der Waals surface area contributed by atoms with Gasteiger partial charge in [-0.05, 0) is 46.6 Å². The Morgan fingerprint density at radius 2 is 2.38 bits per heavy atom. The zero-order chi connectivity index (χ0) is 14.8. The van der Waals surface area contributed by atoms with Crippen molar-refractivity contribution < 1.29 is 4.79 Å². The molecule has 1 aliphatic carbocycles. The Morgan fingerprint density at radius 3 is 3.05 bits per heavy atom. The average Bonchev–Trinajstić information content (AvgIpc) is 3.08. The van der Waals surface area contributed by atoms with E-state index in [1.165, 1.54) is 11.3 Å². The van der Waals surface area contributed by atoms with Crippen LogP contribution in [0, 0.1) is 0 Å². The second-order valence-electron chi connectivity index (χ2n) is 5.55. The van der Waals surface area contributed by atoms with Crippen LogP contribution in [0.25, 0.3) is 0 Å². The lowest BCUT2D eigenvalue weighted by atomic mass is 9.84. The van der Waals surface area contributed by atoms with E-state index in [1.807, 2.05) is 35.4 Å². The van der Waals surface area contributed by atoms with Crippen LogP contribution in [0.4, 0.5) is 0 Å². The molecule has 1 aliphatic rings. The number of nitrogens with zero attached hydrogens (tertiary/aromatic N) is 2. The van der Waals surface area contributed by atoms with Gasteiger partial charge in [0.1, 0.15) is 0 Å². The summed E-state index contributed by atoms with van der Waals surface area (Å²) in [6, 6.07) is 4.02. The third-order valence-electron chi connectivity index (χ3n) is 3.95. The summed E-state index contributed by atoms with van der Waals surface area (Å²) in [7, 11) is 1.94. The van der Waals surface area contributed by atoms with Crippen LogP contribution in [0.1, 0.15) is 47.0 Å². The van der Waals surface area contributed by atoms with Gasteiger partial charge in [0, 0.05) is 25.2 Å². The van der Waals surface area contributed by atoms with Gasteiger partial charge in [-0.1, -0.05) is 12.5 Å². The molecule has 1 saturated carbocycles. The van der Waals surface area contributed by atoms with Gasteiger partial charge in [0.05, 0.1) is 15.0 Å². The van der Waals surface area contributed by atoms with E-state index in [1.54, 1.807) is 0 Å². The zero-order valence-electron chi connectivity index (χ0n) is 11.9. The standard InChI is InChI=1S/C15H18BrN3OS/c1-19-9-12(16)14(18-19)10-4-2-5-11(8-10)17-15(20)13-6-3-7-21-13/h3,6-7,9-11H,2,4-5,8H2,1H3,(H,17,20). The monoisotopic (exact) mass is 367 g/mol. The van der Waals surface area contributed by atoms with Gasteiger partial charge >= 0.3 is 0 Å². The number of thiophene rings is 1. The molecule has 2 unspecified atom stereocenters. The highest BCUT2D eigenvalue weighted by atomic mass is 79.9. The number of aryl methyl sites for hydroxylation is 1. The summed E-state index contributed by atoms with van der Waals surface area (Å²) >= 11 is 5.07. The highest BCUT2D eigenvalue weighted by Crippen LogP contribution is 2.35. The molecule has 1 fully saturated rings. The molecule has 0 radical (unpaired) electrons. The SMILES string of the molecule is Cn1cc(Br)c(C2CCCC(NC(=O)c3cccs3)C2)n1. The van der Waals surface area contributed by atoms with Crippen LogP contribution < -0.4 is 5.32 Å². The Bertz CT molecular complexity index is 623. The molecule has 0 bridgehead atoms. The van der Waals surface area contributed by atoms with Crippen molar-refractivity contribution in [2.75, 3.05) is 0 Å². The number of hydrogen-bond donors (Lipinski definition) is 1. The van der Waals surface area contributed by atoms with E-state index in [2.05, 4.69) is 26.3 Å². The maximum atomic E-state index is 12.2. The number of nitrogens with one attached hydrogen (secondary N) is 1. The summed E-state index contributed by atoms with van der Waals surface area (Å²) in [5, 5.41) is 9.66. The molecule has 2 atom stereocenters. The first-order valence-corrected chi connectivity index (χ1v) is 8.84. The molecule has 1 amide bonds. The number of halogens is 1. The molecule has 0 saturated heterocycles. The zero-order valence-corrected chi connectivity index (χ0v) is 14.3. The number of carbonyl (C=O) groups excluding carboxylic acids is 1. The number of carbonyl (C=O) groups is 1. The predicted octanol–water partition coefficient (Wildman–Crippen LogP) is 3.70. The summed E-state index contributed by atoms with van der Waals surface area (Å²) < 4.78 is 2.91. The summed E-state index contributed by atoms with van der Waals surface area (Å²) in [4.78, 5) is 12.9. The minimum atomic E-state index is 0.0516. The third kappa shape index (κ3) is 3.37. The molecule has 21 heavy (non-hydrogen) atoms. The van der Waals surface area contributed by atoms with Crippen LogP contribution in [0.15, 0.2) is 28.2 Å². The van der Waals surface area contributed by atoms with Crippen molar-refractivity contribution in [2.24, 2.45) is 7.05 Å². The van der Waals surface area contributed by atoms with Crippen molar-refractivity contribution >= 4 is 33.2 Å². The molecule has 0 aliphatic heterocycles. The van der Waals surface area contributed by atoms with Gasteiger partial charge in [0.15, 0.2) is 0 Å². The Balaban J connectivity index is 1.66. The first-order valence-electron chi connectivity index (χ1n) is 7.17. The van der Waals surface area contributed by atoms with Gasteiger partial charge < -0.3 is 5.32 Å². The van der Waals surface area contributed by atoms with Gasteiger partial charge in [-0.15, -0.1) is 11.3 Å². The molecule has 0 spiro atoms. The maximum absolute atomic E-state index is 12.2. The fourth-order valence-electron chi connectivity index (χ4n) is 2.99. The summed E-state index contributed by atoms with van der Waals surface area (Å²) in [6.07, 6.45) is 6.28. The molecule has 4 nitrogen and oxygen atoms in total. The molecule has 2 aromatic rings. The number of rotatable bonds is 3. The van der Waals surface area contributed by atoms with Crippen molar-refractivity contribution in [3.05, 3.63) is 38.8 Å². The quantitative estimate of drug-likeness (QED) is 0.898. The third-order valence-corrected chi connectivity index (χ3v) is 5.43. The number of hydrogen-bond acceptors (Lipinski definition) is 3. The van der Waals surface area contributed by atoms with Gasteiger partial charge in [-0.25, -0.2) is 0 Å². The Morgan fingerprint density at radius 1 is 1.52 bits per heavy atom. The van der Waals surface area contributed by atoms with Crippen molar-refractivity contribution in [1.29, 1.82) is 0 Å². The van der Waals surface area contributed by atoms with E-state index in [4.69, 9.17) is 0 Å². The average molecular weight is 368 g/mol. The molecular formula is C15H18BrN3OS. The van der Waals surface area contributed by atoms with Crippen LogP contribution in [-0.2, 0) is 7.05 Å². The molecule has 2 heterocycles. The van der Waals surface area contributed by atoms with Gasteiger partial charge in [0.2, 0.25) is 0 Å². The van der Waals surface area contributed by atoms with Crippen molar-refractivity contribution in [3.63, 3.8) is 0 Å². The molecule has 6 heteroatoms. The van der Waals surface area contributed by atoms with E-state index in [0.29, 0.717) is 5.92 Å². The Kier molecular flexibility index (Phi) is 4.45. The van der Waals surface area contributed by atoms with E-state index < -0.39 is 0 Å². The lowest BCUT2D eigenvalue weighted by Crippen LogP contribution is -2.37. The van der Waals surface area contributed by atoms with Crippen LogP contribution in [0.2, 0.25) is 0 Å². The molecule has 2 aromatic heterocycles. The van der Waals surface area contributed by atoms with E-state index in [9.17, 15) is 4.79 Å². The number of amides is 1. The smallest absolute Gasteiger partial charge is 0.261 e. The van der Waals surface area contributed by atoms with Crippen LogP contribution in [-0.4, -0.2) is 21.7 Å². The van der Waals surface area contributed by atoms with Crippen LogP contribution in [0.3, 0.4) is 0 Å². The lowest BCUT2D eigenvalue weighted by molar-refractivity contribution is 0.0929. The van der Waals surface area contributed by atoms with Crippen LogP contribution in [0.5, 0.6) is 0 Å². The fourth-order valence-corrected chi connectivity index (χ4v) is 4.31. The van der Waals surface area contributed by atoms with Crippen molar-refractivity contribution in [2.45, 2.75) is 37.6 Å². The molecule has 112 valence electrons. The highest BCUT2D eigenvalue weighted by molar-refractivity contribution is 9.10. The topological polar surface area (TPSA) is 46.9 Å². The molecule has 0 aromatic carbocycles. The van der Waals surface area contributed by atoms with Gasteiger partial charge in [0.25, 0.3) is 5.91 Å². The minimum absolute atomic E-state index is 0.0516. The first-order chi connectivity index (χ1) is 10.1. The summed E-state index contributed by atoms with van der Waals surface area (Å²) in [5.74, 6) is 0.471. The van der Waals surface area contributed by atoms with Gasteiger partial charge in [-0.3, -0.25) is 9.48 Å². The lowest BCUT2D eigenvalue weighted by Gasteiger charge is -2.29. The highest BCUT2D eigenvalue weighted by Gasteiger charge is 2.27. The molecular weight excluding hydrogens is 350 g/mol. The van der Waals surface area contributed by atoms with E-state index in [0.717, 1.165) is 40.7 Å². The Labute approximate surface area is 136 Å². The second-order valence-corrected chi connectivity index (χ2v) is 7.35. The van der Waals surface area contributed by atoms with Crippen molar-refractivity contribution in [3.8, 4) is 0 Å². The predicted molar refractivity (Wildman–Crippen MR) is 87.7 cm³/mol.